The van der Waals surface area contributed by atoms with Crippen molar-refractivity contribution in [3.8, 4) is 0 Å². The number of alkyl halides is 1. The summed E-state index contributed by atoms with van der Waals surface area (Å²) in [6.45, 7) is 3.57. The number of halogens is 1. The van der Waals surface area contributed by atoms with Gasteiger partial charge in [-0.15, -0.1) is 5.10 Å². The quantitative estimate of drug-likeness (QED) is 0.392. The molecule has 1 aliphatic rings. The van der Waals surface area contributed by atoms with Crippen LogP contribution in [0.3, 0.4) is 0 Å². The average molecular weight is 526 g/mol. The highest BCUT2D eigenvalue weighted by atomic mass is 19.1. The maximum absolute atomic E-state index is 14.6. The molecule has 1 unspecified atom stereocenters. The number of aromatic nitrogens is 5. The van der Waals surface area contributed by atoms with E-state index < -0.39 is 12.1 Å². The fraction of sp³-hybridized carbons (Fsp3) is 0.462. The first kappa shape index (κ1) is 27.1. The molecular formula is C26H32FN7O4. The Hall–Kier alpha value is -3.93. The number of carbonyl (C=O) groups excluding carboxylic acids is 2. The molecule has 1 fully saturated rings. The average Bonchev–Trinajstić information content (AvgIpc) is 3.36. The second kappa shape index (κ2) is 13.0. The molecule has 4 heterocycles. The number of nitrogens with zero attached hydrogens (tertiary/aromatic N) is 5. The topological polar surface area (TPSA) is 133 Å². The van der Waals surface area contributed by atoms with Crippen LogP contribution in [-0.2, 0) is 29.2 Å². The van der Waals surface area contributed by atoms with Gasteiger partial charge in [0.15, 0.2) is 5.69 Å². The highest BCUT2D eigenvalue weighted by Crippen LogP contribution is 2.19. The Morgan fingerprint density at radius 3 is 2.79 bits per heavy atom. The fourth-order valence-electron chi connectivity index (χ4n) is 4.14. The second-order valence-corrected chi connectivity index (χ2v) is 9.46. The van der Waals surface area contributed by atoms with Crippen LogP contribution in [0.25, 0.3) is 0 Å². The molecular weight excluding hydrogens is 493 g/mol. The molecule has 4 rings (SSSR count). The normalized spacial score (nSPS) is 14.7. The van der Waals surface area contributed by atoms with Crippen LogP contribution in [0.2, 0.25) is 0 Å². The van der Waals surface area contributed by atoms with E-state index in [1.165, 1.54) is 21.5 Å². The summed E-state index contributed by atoms with van der Waals surface area (Å²) in [5.41, 5.74) is 1.91. The summed E-state index contributed by atoms with van der Waals surface area (Å²) in [7, 11) is 0. The van der Waals surface area contributed by atoms with Crippen LogP contribution in [0.15, 0.2) is 47.7 Å². The molecule has 0 bridgehead atoms. The van der Waals surface area contributed by atoms with Crippen LogP contribution in [0.4, 0.5) is 10.1 Å². The van der Waals surface area contributed by atoms with E-state index in [1.54, 1.807) is 18.5 Å². The van der Waals surface area contributed by atoms with E-state index in [0.717, 1.165) is 24.1 Å². The third-order valence-corrected chi connectivity index (χ3v) is 6.36. The van der Waals surface area contributed by atoms with E-state index in [0.29, 0.717) is 25.3 Å². The van der Waals surface area contributed by atoms with E-state index in [1.807, 2.05) is 19.1 Å². The van der Waals surface area contributed by atoms with Gasteiger partial charge >= 0.3 is 0 Å². The van der Waals surface area contributed by atoms with Gasteiger partial charge in [0.05, 0.1) is 12.7 Å². The SMILES string of the molecule is Cc1ccc(CNC(=O)c2cn(CC(F)CCn3ccc(NC(=O)CC4CCOCC4)cc3=O)nn2)cn1. The van der Waals surface area contributed by atoms with Gasteiger partial charge in [-0.3, -0.25) is 19.4 Å². The summed E-state index contributed by atoms with van der Waals surface area (Å²) < 4.78 is 22.6. The molecule has 3 aromatic rings. The monoisotopic (exact) mass is 525 g/mol. The summed E-state index contributed by atoms with van der Waals surface area (Å²) in [5.74, 6) is -0.262. The second-order valence-electron chi connectivity index (χ2n) is 9.46. The predicted molar refractivity (Wildman–Crippen MR) is 137 cm³/mol. The maximum Gasteiger partial charge on any atom is 0.273 e. The highest BCUT2D eigenvalue weighted by molar-refractivity contribution is 5.91. The minimum atomic E-state index is -1.31. The molecule has 0 aromatic carbocycles. The smallest absolute Gasteiger partial charge is 0.273 e. The van der Waals surface area contributed by atoms with Crippen molar-refractivity contribution in [1.82, 2.24) is 29.9 Å². The number of ether oxygens (including phenoxy) is 1. The molecule has 202 valence electrons. The van der Waals surface area contributed by atoms with Crippen molar-refractivity contribution in [3.05, 3.63) is 70.2 Å². The number of hydrogen-bond donors (Lipinski definition) is 2. The minimum absolute atomic E-state index is 0.0666. The Bertz CT molecular complexity index is 1290. The van der Waals surface area contributed by atoms with E-state index in [2.05, 4.69) is 25.9 Å². The van der Waals surface area contributed by atoms with Crippen molar-refractivity contribution in [2.24, 2.45) is 5.92 Å². The van der Waals surface area contributed by atoms with Gasteiger partial charge in [-0.25, -0.2) is 9.07 Å². The number of pyridine rings is 2. The van der Waals surface area contributed by atoms with Gasteiger partial charge in [0.2, 0.25) is 5.91 Å². The van der Waals surface area contributed by atoms with Gasteiger partial charge in [0, 0.05) is 62.6 Å². The first-order chi connectivity index (χ1) is 18.4. The largest absolute Gasteiger partial charge is 0.381 e. The lowest BCUT2D eigenvalue weighted by Crippen LogP contribution is -2.25. The Morgan fingerprint density at radius 2 is 2.05 bits per heavy atom. The van der Waals surface area contributed by atoms with Crippen LogP contribution < -0.4 is 16.2 Å². The van der Waals surface area contributed by atoms with E-state index in [-0.39, 0.29) is 49.1 Å². The zero-order valence-electron chi connectivity index (χ0n) is 21.3. The third kappa shape index (κ3) is 8.04. The van der Waals surface area contributed by atoms with Crippen molar-refractivity contribution in [2.45, 2.75) is 58.4 Å². The van der Waals surface area contributed by atoms with Crippen molar-refractivity contribution in [3.63, 3.8) is 0 Å². The Kier molecular flexibility index (Phi) is 9.30. The van der Waals surface area contributed by atoms with E-state index in [9.17, 15) is 18.8 Å². The first-order valence-corrected chi connectivity index (χ1v) is 12.7. The molecule has 1 saturated heterocycles. The zero-order chi connectivity index (χ0) is 26.9. The first-order valence-electron chi connectivity index (χ1n) is 12.7. The molecule has 1 aliphatic heterocycles. The third-order valence-electron chi connectivity index (χ3n) is 6.36. The van der Waals surface area contributed by atoms with Crippen LogP contribution in [0.5, 0.6) is 0 Å². The number of aryl methyl sites for hydroxylation is 2. The van der Waals surface area contributed by atoms with E-state index in [4.69, 9.17) is 4.74 Å². The number of hydrogen-bond acceptors (Lipinski definition) is 7. The van der Waals surface area contributed by atoms with Gasteiger partial charge in [0.25, 0.3) is 11.5 Å². The van der Waals surface area contributed by atoms with Gasteiger partial charge in [-0.05, 0) is 49.8 Å². The standard InChI is InChI=1S/C26H32FN7O4/c1-18-2-3-20(14-28-18)15-29-26(37)23-17-34(32-31-23)16-21(27)4-8-33-9-5-22(13-25(33)36)30-24(35)12-19-6-10-38-11-7-19/h2-3,5,9,13-14,17,19,21H,4,6-8,10-12,15-16H2,1H3,(H,29,37)(H,30,35). The van der Waals surface area contributed by atoms with Gasteiger partial charge < -0.3 is 19.9 Å². The molecule has 3 aromatic heterocycles. The lowest BCUT2D eigenvalue weighted by atomic mass is 9.96. The molecule has 2 N–H and O–H groups in total. The van der Waals surface area contributed by atoms with Crippen molar-refractivity contribution >= 4 is 17.5 Å². The lowest BCUT2D eigenvalue weighted by molar-refractivity contribution is -0.117. The summed E-state index contributed by atoms with van der Waals surface area (Å²) in [5, 5.41) is 13.2. The molecule has 12 heteroatoms. The maximum atomic E-state index is 14.6. The predicted octanol–water partition coefficient (Wildman–Crippen LogP) is 2.26. The van der Waals surface area contributed by atoms with Gasteiger partial charge in [0.1, 0.15) is 6.17 Å². The Morgan fingerprint density at radius 1 is 1.24 bits per heavy atom. The number of anilines is 1. The fourth-order valence-corrected chi connectivity index (χ4v) is 4.14. The summed E-state index contributed by atoms with van der Waals surface area (Å²) in [6.07, 6.45) is 5.48. The number of rotatable bonds is 11. The van der Waals surface area contributed by atoms with Crippen molar-refractivity contribution < 1.29 is 18.7 Å². The molecule has 0 aliphatic carbocycles. The number of amides is 2. The molecule has 2 amide bonds. The van der Waals surface area contributed by atoms with Crippen LogP contribution in [0.1, 0.15) is 47.4 Å². The van der Waals surface area contributed by atoms with Crippen LogP contribution >= 0.6 is 0 Å². The molecule has 0 saturated carbocycles. The van der Waals surface area contributed by atoms with Crippen LogP contribution in [-0.4, -0.2) is 55.7 Å². The summed E-state index contributed by atoms with van der Waals surface area (Å²) >= 11 is 0. The molecule has 0 spiro atoms. The summed E-state index contributed by atoms with van der Waals surface area (Å²) in [4.78, 5) is 41.2. The van der Waals surface area contributed by atoms with Gasteiger partial charge in [-0.2, -0.15) is 0 Å². The molecule has 38 heavy (non-hydrogen) atoms. The van der Waals surface area contributed by atoms with Crippen LogP contribution in [0, 0.1) is 12.8 Å². The van der Waals surface area contributed by atoms with E-state index >= 15 is 0 Å². The summed E-state index contributed by atoms with van der Waals surface area (Å²) in [6, 6.07) is 6.70. The lowest BCUT2D eigenvalue weighted by Gasteiger charge is -2.21. The zero-order valence-corrected chi connectivity index (χ0v) is 21.3. The molecule has 11 nitrogen and oxygen atoms in total. The minimum Gasteiger partial charge on any atom is -0.381 e. The van der Waals surface area contributed by atoms with Crippen molar-refractivity contribution in [2.75, 3.05) is 18.5 Å². The molecule has 0 radical (unpaired) electrons. The number of nitrogens with one attached hydrogen (secondary N) is 2. The molecule has 1 atom stereocenters. The Labute approximate surface area is 219 Å². The number of carbonyl (C=O) groups is 2. The Balaban J connectivity index is 1.21. The van der Waals surface area contributed by atoms with Crippen molar-refractivity contribution in [1.29, 1.82) is 0 Å². The van der Waals surface area contributed by atoms with Gasteiger partial charge in [-0.1, -0.05) is 11.3 Å². The highest BCUT2D eigenvalue weighted by Gasteiger charge is 2.18.